The molecule has 0 saturated carbocycles. The molecule has 0 bridgehead atoms. The lowest BCUT2D eigenvalue weighted by molar-refractivity contribution is -0.128. The SMILES string of the molecule is CNCc1cccc(C(=O)N2CCCN(C(C)=O)CC2)c1. The number of nitrogens with one attached hydrogen (secondary N) is 1. The van der Waals surface area contributed by atoms with Crippen LogP contribution in [-0.4, -0.2) is 54.8 Å². The monoisotopic (exact) mass is 289 g/mol. The van der Waals surface area contributed by atoms with Crippen LogP contribution in [0.25, 0.3) is 0 Å². The number of carbonyl (C=O) groups excluding carboxylic acids is 2. The van der Waals surface area contributed by atoms with Gasteiger partial charge in [0.25, 0.3) is 5.91 Å². The lowest BCUT2D eigenvalue weighted by Crippen LogP contribution is -2.36. The minimum atomic E-state index is 0.0540. The van der Waals surface area contributed by atoms with Crippen LogP contribution in [0, 0.1) is 0 Å². The van der Waals surface area contributed by atoms with E-state index in [4.69, 9.17) is 0 Å². The summed E-state index contributed by atoms with van der Waals surface area (Å²) in [6, 6.07) is 7.72. The summed E-state index contributed by atoms with van der Waals surface area (Å²) in [5.74, 6) is 0.138. The quantitative estimate of drug-likeness (QED) is 0.906. The van der Waals surface area contributed by atoms with Crippen molar-refractivity contribution in [3.8, 4) is 0 Å². The Bertz CT molecular complexity index is 516. The predicted octanol–water partition coefficient (Wildman–Crippen LogP) is 1.10. The van der Waals surface area contributed by atoms with E-state index in [9.17, 15) is 9.59 Å². The van der Waals surface area contributed by atoms with Crippen LogP contribution in [-0.2, 0) is 11.3 Å². The van der Waals surface area contributed by atoms with Crippen molar-refractivity contribution in [1.82, 2.24) is 15.1 Å². The van der Waals surface area contributed by atoms with Crippen molar-refractivity contribution in [3.05, 3.63) is 35.4 Å². The first-order chi connectivity index (χ1) is 10.1. The molecule has 21 heavy (non-hydrogen) atoms. The first-order valence-corrected chi connectivity index (χ1v) is 7.40. The van der Waals surface area contributed by atoms with E-state index >= 15 is 0 Å². The molecule has 5 nitrogen and oxygen atoms in total. The number of hydrogen-bond donors (Lipinski definition) is 1. The highest BCUT2D eigenvalue weighted by atomic mass is 16.2. The number of nitrogens with zero attached hydrogens (tertiary/aromatic N) is 2. The van der Waals surface area contributed by atoms with Crippen LogP contribution in [0.1, 0.15) is 29.3 Å². The third-order valence-electron chi connectivity index (χ3n) is 3.78. The maximum Gasteiger partial charge on any atom is 0.253 e. The number of carbonyl (C=O) groups is 2. The Balaban J connectivity index is 2.05. The second-order valence-corrected chi connectivity index (χ2v) is 5.38. The largest absolute Gasteiger partial charge is 0.341 e. The Kier molecular flexibility index (Phi) is 5.33. The molecule has 114 valence electrons. The smallest absolute Gasteiger partial charge is 0.253 e. The molecule has 0 radical (unpaired) electrons. The highest BCUT2D eigenvalue weighted by Crippen LogP contribution is 2.11. The van der Waals surface area contributed by atoms with Gasteiger partial charge in [-0.25, -0.2) is 0 Å². The van der Waals surface area contributed by atoms with Gasteiger partial charge in [-0.2, -0.15) is 0 Å². The Labute approximate surface area is 125 Å². The summed E-state index contributed by atoms with van der Waals surface area (Å²) in [7, 11) is 1.89. The third-order valence-corrected chi connectivity index (χ3v) is 3.78. The molecule has 1 aromatic rings. The summed E-state index contributed by atoms with van der Waals surface area (Å²) in [6.07, 6.45) is 0.835. The normalized spacial score (nSPS) is 15.7. The van der Waals surface area contributed by atoms with E-state index in [0.717, 1.165) is 30.6 Å². The molecule has 0 aromatic heterocycles. The van der Waals surface area contributed by atoms with Gasteiger partial charge in [0.2, 0.25) is 5.91 Å². The van der Waals surface area contributed by atoms with Crippen molar-refractivity contribution in [2.24, 2.45) is 0 Å². The molecule has 1 heterocycles. The van der Waals surface area contributed by atoms with Gasteiger partial charge in [0.1, 0.15) is 0 Å². The number of hydrogen-bond acceptors (Lipinski definition) is 3. The average molecular weight is 289 g/mol. The van der Waals surface area contributed by atoms with E-state index in [1.54, 1.807) is 6.92 Å². The van der Waals surface area contributed by atoms with Gasteiger partial charge >= 0.3 is 0 Å². The zero-order valence-electron chi connectivity index (χ0n) is 12.8. The lowest BCUT2D eigenvalue weighted by atomic mass is 10.1. The van der Waals surface area contributed by atoms with Gasteiger partial charge in [-0.05, 0) is 31.2 Å². The molecule has 0 spiro atoms. The van der Waals surface area contributed by atoms with Crippen molar-refractivity contribution in [3.63, 3.8) is 0 Å². The summed E-state index contributed by atoms with van der Waals surface area (Å²) in [4.78, 5) is 27.7. The second kappa shape index (κ2) is 7.22. The van der Waals surface area contributed by atoms with E-state index in [-0.39, 0.29) is 11.8 Å². The van der Waals surface area contributed by atoms with Crippen LogP contribution >= 0.6 is 0 Å². The van der Waals surface area contributed by atoms with E-state index < -0.39 is 0 Å². The zero-order valence-corrected chi connectivity index (χ0v) is 12.8. The molecule has 1 aliphatic heterocycles. The molecule has 2 amide bonds. The van der Waals surface area contributed by atoms with Crippen molar-refractivity contribution in [2.75, 3.05) is 33.2 Å². The minimum absolute atomic E-state index is 0.0540. The summed E-state index contributed by atoms with van der Waals surface area (Å²) >= 11 is 0. The number of amides is 2. The molecular formula is C16H23N3O2. The first kappa shape index (κ1) is 15.5. The maximum atomic E-state index is 12.6. The summed E-state index contributed by atoms with van der Waals surface area (Å²) in [6.45, 7) is 5.00. The Morgan fingerprint density at radius 2 is 1.86 bits per heavy atom. The van der Waals surface area contributed by atoms with Crippen LogP contribution < -0.4 is 5.32 Å². The van der Waals surface area contributed by atoms with E-state index in [1.807, 2.05) is 41.1 Å². The fourth-order valence-electron chi connectivity index (χ4n) is 2.64. The molecule has 1 aromatic carbocycles. The van der Waals surface area contributed by atoms with Gasteiger partial charge in [0, 0.05) is 45.2 Å². The highest BCUT2D eigenvalue weighted by molar-refractivity contribution is 5.94. The van der Waals surface area contributed by atoms with Gasteiger partial charge in [-0.15, -0.1) is 0 Å². The van der Waals surface area contributed by atoms with Gasteiger partial charge in [-0.3, -0.25) is 9.59 Å². The average Bonchev–Trinajstić information content (AvgIpc) is 2.73. The zero-order chi connectivity index (χ0) is 15.2. The van der Waals surface area contributed by atoms with E-state index in [2.05, 4.69) is 5.32 Å². The molecule has 0 atom stereocenters. The van der Waals surface area contributed by atoms with Gasteiger partial charge in [0.05, 0.1) is 0 Å². The lowest BCUT2D eigenvalue weighted by Gasteiger charge is -2.21. The van der Waals surface area contributed by atoms with Crippen LogP contribution in [0.3, 0.4) is 0 Å². The fourth-order valence-corrected chi connectivity index (χ4v) is 2.64. The molecule has 1 N–H and O–H groups in total. The summed E-state index contributed by atoms with van der Waals surface area (Å²) < 4.78 is 0. The summed E-state index contributed by atoms with van der Waals surface area (Å²) in [5.41, 5.74) is 1.82. The Morgan fingerprint density at radius 1 is 1.14 bits per heavy atom. The van der Waals surface area contributed by atoms with Crippen molar-refractivity contribution in [2.45, 2.75) is 19.9 Å². The molecule has 5 heteroatoms. The predicted molar refractivity (Wildman–Crippen MR) is 82.0 cm³/mol. The van der Waals surface area contributed by atoms with Crippen molar-refractivity contribution in [1.29, 1.82) is 0 Å². The fraction of sp³-hybridized carbons (Fsp3) is 0.500. The molecule has 1 saturated heterocycles. The summed E-state index contributed by atoms with van der Waals surface area (Å²) in [5, 5.41) is 3.09. The van der Waals surface area contributed by atoms with Gasteiger partial charge < -0.3 is 15.1 Å². The maximum absolute atomic E-state index is 12.6. The molecule has 1 fully saturated rings. The number of benzene rings is 1. The van der Waals surface area contributed by atoms with Gasteiger partial charge in [0.15, 0.2) is 0 Å². The van der Waals surface area contributed by atoms with Crippen LogP contribution in [0.5, 0.6) is 0 Å². The minimum Gasteiger partial charge on any atom is -0.341 e. The van der Waals surface area contributed by atoms with Crippen molar-refractivity contribution < 1.29 is 9.59 Å². The molecule has 1 aliphatic rings. The van der Waals surface area contributed by atoms with E-state index in [0.29, 0.717) is 19.6 Å². The third kappa shape index (κ3) is 4.04. The van der Waals surface area contributed by atoms with Crippen LogP contribution in [0.15, 0.2) is 24.3 Å². The topological polar surface area (TPSA) is 52.7 Å². The highest BCUT2D eigenvalue weighted by Gasteiger charge is 2.21. The Morgan fingerprint density at radius 3 is 2.57 bits per heavy atom. The molecule has 0 aliphatic carbocycles. The van der Waals surface area contributed by atoms with Crippen LogP contribution in [0.2, 0.25) is 0 Å². The van der Waals surface area contributed by atoms with Gasteiger partial charge in [-0.1, -0.05) is 12.1 Å². The first-order valence-electron chi connectivity index (χ1n) is 7.40. The standard InChI is InChI=1S/C16H23N3O2/c1-13(20)18-7-4-8-19(10-9-18)16(21)15-6-3-5-14(11-15)12-17-2/h3,5-6,11,17H,4,7-10,12H2,1-2H3. The van der Waals surface area contributed by atoms with Crippen molar-refractivity contribution >= 4 is 11.8 Å². The molecule has 0 unspecified atom stereocenters. The van der Waals surface area contributed by atoms with E-state index in [1.165, 1.54) is 0 Å². The number of rotatable bonds is 3. The Hall–Kier alpha value is -1.88. The molecular weight excluding hydrogens is 266 g/mol. The second-order valence-electron chi connectivity index (χ2n) is 5.38. The van der Waals surface area contributed by atoms with Crippen LogP contribution in [0.4, 0.5) is 0 Å². The molecule has 2 rings (SSSR count).